The van der Waals surface area contributed by atoms with Gasteiger partial charge >= 0.3 is 0 Å². The van der Waals surface area contributed by atoms with Crippen molar-refractivity contribution in [1.82, 2.24) is 0 Å². The van der Waals surface area contributed by atoms with Crippen molar-refractivity contribution in [1.29, 1.82) is 0 Å². The molecule has 1 aliphatic carbocycles. The number of benzene rings is 1. The highest BCUT2D eigenvalue weighted by atomic mass is 16.2. The molecule has 1 aliphatic rings. The van der Waals surface area contributed by atoms with Gasteiger partial charge in [0.25, 0.3) is 0 Å². The SMILES string of the molecule is OCCc1cccc(C2CCC2)c1. The molecule has 70 valence electrons. The summed E-state index contributed by atoms with van der Waals surface area (Å²) in [6.07, 6.45) is 4.88. The molecule has 0 unspecified atom stereocenters. The van der Waals surface area contributed by atoms with Gasteiger partial charge in [-0.25, -0.2) is 0 Å². The number of hydrogen-bond donors (Lipinski definition) is 1. The molecule has 0 saturated heterocycles. The highest BCUT2D eigenvalue weighted by Gasteiger charge is 2.19. The Bertz CT molecular complexity index is 276. The average molecular weight is 176 g/mol. The number of aliphatic hydroxyl groups excluding tert-OH is 1. The first-order chi connectivity index (χ1) is 6.40. The number of rotatable bonds is 3. The average Bonchev–Trinajstić information content (AvgIpc) is 2.02. The van der Waals surface area contributed by atoms with Crippen LogP contribution in [0.25, 0.3) is 0 Å². The molecule has 0 bridgehead atoms. The Kier molecular flexibility index (Phi) is 2.65. The molecule has 13 heavy (non-hydrogen) atoms. The zero-order chi connectivity index (χ0) is 9.10. The predicted octanol–water partition coefficient (Wildman–Crippen LogP) is 2.49. The van der Waals surface area contributed by atoms with Gasteiger partial charge in [0.05, 0.1) is 0 Å². The first kappa shape index (κ1) is 8.76. The molecule has 0 radical (unpaired) electrons. The Morgan fingerprint density at radius 1 is 1.31 bits per heavy atom. The number of aliphatic hydroxyl groups is 1. The summed E-state index contributed by atoms with van der Waals surface area (Å²) in [5, 5.41) is 8.82. The molecule has 0 amide bonds. The van der Waals surface area contributed by atoms with E-state index in [1.54, 1.807) is 0 Å². The van der Waals surface area contributed by atoms with Gasteiger partial charge in [0.2, 0.25) is 0 Å². The maximum absolute atomic E-state index is 8.82. The third-order valence-electron chi connectivity index (χ3n) is 2.93. The second-order valence-electron chi connectivity index (χ2n) is 3.85. The van der Waals surface area contributed by atoms with E-state index in [1.165, 1.54) is 30.4 Å². The molecule has 1 N–H and O–H groups in total. The van der Waals surface area contributed by atoms with E-state index in [0.29, 0.717) is 0 Å². The van der Waals surface area contributed by atoms with Crippen molar-refractivity contribution in [2.75, 3.05) is 6.61 Å². The van der Waals surface area contributed by atoms with Crippen molar-refractivity contribution >= 4 is 0 Å². The van der Waals surface area contributed by atoms with Gasteiger partial charge in [0.15, 0.2) is 0 Å². The molecule has 0 atom stereocenters. The molecule has 0 aromatic heterocycles. The van der Waals surface area contributed by atoms with Crippen molar-refractivity contribution in [3.8, 4) is 0 Å². The molecule has 1 aromatic rings. The van der Waals surface area contributed by atoms with Gasteiger partial charge in [-0.3, -0.25) is 0 Å². The van der Waals surface area contributed by atoms with Gasteiger partial charge in [-0.1, -0.05) is 30.7 Å². The summed E-state index contributed by atoms with van der Waals surface area (Å²) in [5.74, 6) is 0.804. The minimum atomic E-state index is 0.258. The van der Waals surface area contributed by atoms with Crippen LogP contribution in [-0.2, 0) is 6.42 Å². The minimum absolute atomic E-state index is 0.258. The largest absolute Gasteiger partial charge is 0.396 e. The van der Waals surface area contributed by atoms with Gasteiger partial charge in [0.1, 0.15) is 0 Å². The molecule has 1 nitrogen and oxygen atoms in total. The van der Waals surface area contributed by atoms with Crippen molar-refractivity contribution in [2.24, 2.45) is 0 Å². The molecular weight excluding hydrogens is 160 g/mol. The van der Waals surface area contributed by atoms with Crippen LogP contribution in [0, 0.1) is 0 Å². The molecular formula is C12H16O. The van der Waals surface area contributed by atoms with Crippen LogP contribution in [-0.4, -0.2) is 11.7 Å². The fourth-order valence-corrected chi connectivity index (χ4v) is 1.87. The van der Waals surface area contributed by atoms with E-state index in [2.05, 4.69) is 24.3 Å². The van der Waals surface area contributed by atoms with E-state index in [-0.39, 0.29) is 6.61 Å². The van der Waals surface area contributed by atoms with E-state index in [0.717, 1.165) is 12.3 Å². The summed E-state index contributed by atoms with van der Waals surface area (Å²) in [4.78, 5) is 0. The maximum atomic E-state index is 8.82. The summed E-state index contributed by atoms with van der Waals surface area (Å²) >= 11 is 0. The van der Waals surface area contributed by atoms with Gasteiger partial charge in [-0.15, -0.1) is 0 Å². The lowest BCUT2D eigenvalue weighted by Gasteiger charge is -2.26. The first-order valence-corrected chi connectivity index (χ1v) is 5.10. The summed E-state index contributed by atoms with van der Waals surface area (Å²) < 4.78 is 0. The normalized spacial score (nSPS) is 17.0. The quantitative estimate of drug-likeness (QED) is 0.750. The van der Waals surface area contributed by atoms with Crippen LogP contribution in [0.3, 0.4) is 0 Å². The molecule has 1 aromatic carbocycles. The smallest absolute Gasteiger partial charge is 0.0471 e. The maximum Gasteiger partial charge on any atom is 0.0471 e. The second kappa shape index (κ2) is 3.93. The van der Waals surface area contributed by atoms with E-state index in [1.807, 2.05) is 0 Å². The van der Waals surface area contributed by atoms with Crippen LogP contribution in [0.2, 0.25) is 0 Å². The fourth-order valence-electron chi connectivity index (χ4n) is 1.87. The lowest BCUT2D eigenvalue weighted by atomic mass is 9.79. The van der Waals surface area contributed by atoms with Crippen LogP contribution in [0.1, 0.15) is 36.3 Å². The van der Waals surface area contributed by atoms with E-state index >= 15 is 0 Å². The van der Waals surface area contributed by atoms with Crippen LogP contribution < -0.4 is 0 Å². The third kappa shape index (κ3) is 1.92. The Hall–Kier alpha value is -0.820. The summed E-state index contributed by atoms with van der Waals surface area (Å²) in [6.45, 7) is 0.258. The summed E-state index contributed by atoms with van der Waals surface area (Å²) in [5.41, 5.74) is 2.74. The standard InChI is InChI=1S/C12H16O/c13-8-7-10-3-1-6-12(9-10)11-4-2-5-11/h1,3,6,9,11,13H,2,4-5,7-8H2. The monoisotopic (exact) mass is 176 g/mol. The van der Waals surface area contributed by atoms with Crippen LogP contribution in [0.4, 0.5) is 0 Å². The Morgan fingerprint density at radius 3 is 2.77 bits per heavy atom. The second-order valence-corrected chi connectivity index (χ2v) is 3.85. The Labute approximate surface area is 79.4 Å². The highest BCUT2D eigenvalue weighted by Crippen LogP contribution is 2.36. The van der Waals surface area contributed by atoms with Gasteiger partial charge in [-0.05, 0) is 36.3 Å². The van der Waals surface area contributed by atoms with Crippen LogP contribution >= 0.6 is 0 Å². The molecule has 1 heteroatoms. The Morgan fingerprint density at radius 2 is 2.15 bits per heavy atom. The third-order valence-corrected chi connectivity index (χ3v) is 2.93. The topological polar surface area (TPSA) is 20.2 Å². The van der Waals surface area contributed by atoms with Crippen molar-refractivity contribution in [2.45, 2.75) is 31.6 Å². The zero-order valence-electron chi connectivity index (χ0n) is 7.87. The van der Waals surface area contributed by atoms with E-state index in [4.69, 9.17) is 5.11 Å². The molecule has 1 fully saturated rings. The van der Waals surface area contributed by atoms with E-state index < -0.39 is 0 Å². The molecule has 0 spiro atoms. The summed E-state index contributed by atoms with van der Waals surface area (Å²) in [6, 6.07) is 8.67. The lowest BCUT2D eigenvalue weighted by molar-refractivity contribution is 0.299. The van der Waals surface area contributed by atoms with E-state index in [9.17, 15) is 0 Å². The summed E-state index contributed by atoms with van der Waals surface area (Å²) in [7, 11) is 0. The Balaban J connectivity index is 2.11. The minimum Gasteiger partial charge on any atom is -0.396 e. The van der Waals surface area contributed by atoms with Gasteiger partial charge in [-0.2, -0.15) is 0 Å². The van der Waals surface area contributed by atoms with Gasteiger partial charge < -0.3 is 5.11 Å². The zero-order valence-corrected chi connectivity index (χ0v) is 7.87. The first-order valence-electron chi connectivity index (χ1n) is 5.10. The van der Waals surface area contributed by atoms with Crippen LogP contribution in [0.5, 0.6) is 0 Å². The van der Waals surface area contributed by atoms with Crippen molar-refractivity contribution in [3.63, 3.8) is 0 Å². The fraction of sp³-hybridized carbons (Fsp3) is 0.500. The van der Waals surface area contributed by atoms with Crippen molar-refractivity contribution in [3.05, 3.63) is 35.4 Å². The number of hydrogen-bond acceptors (Lipinski definition) is 1. The molecule has 0 heterocycles. The van der Waals surface area contributed by atoms with Crippen LogP contribution in [0.15, 0.2) is 24.3 Å². The molecule has 1 saturated carbocycles. The molecule has 0 aliphatic heterocycles. The van der Waals surface area contributed by atoms with Crippen molar-refractivity contribution < 1.29 is 5.11 Å². The molecule has 2 rings (SSSR count). The van der Waals surface area contributed by atoms with Gasteiger partial charge in [0, 0.05) is 6.61 Å². The predicted molar refractivity (Wildman–Crippen MR) is 53.8 cm³/mol. The highest BCUT2D eigenvalue weighted by molar-refractivity contribution is 5.27. The lowest BCUT2D eigenvalue weighted by Crippen LogP contribution is -2.08.